The number of nitrogens with zero attached hydrogens (tertiary/aromatic N) is 1. The normalized spacial score (nSPS) is 16.9. The van der Waals surface area contributed by atoms with Crippen LogP contribution >= 0.6 is 0 Å². The van der Waals surface area contributed by atoms with Gasteiger partial charge in [0.15, 0.2) is 0 Å². The van der Waals surface area contributed by atoms with Crippen LogP contribution in [0.4, 0.5) is 0 Å². The number of benzene rings is 1. The minimum absolute atomic E-state index is 0.0367. The van der Waals surface area contributed by atoms with Crippen LogP contribution in [0.3, 0.4) is 0 Å². The van der Waals surface area contributed by atoms with Gasteiger partial charge in [0.2, 0.25) is 0 Å². The summed E-state index contributed by atoms with van der Waals surface area (Å²) in [5.41, 5.74) is 1.23. The number of hydrogen-bond acceptors (Lipinski definition) is 3. The van der Waals surface area contributed by atoms with Crippen molar-refractivity contribution in [1.29, 1.82) is 0 Å². The number of likely N-dealkylation sites (tertiary alicyclic amines) is 1. The van der Waals surface area contributed by atoms with Gasteiger partial charge in [-0.3, -0.25) is 9.59 Å². The summed E-state index contributed by atoms with van der Waals surface area (Å²) in [6.45, 7) is 2.67. The Bertz CT molecular complexity index is 669. The van der Waals surface area contributed by atoms with E-state index in [0.29, 0.717) is 24.2 Å². The quantitative estimate of drug-likeness (QED) is 0.930. The Labute approximate surface area is 115 Å². The van der Waals surface area contributed by atoms with E-state index in [4.69, 9.17) is 9.52 Å². The second kappa shape index (κ2) is 4.67. The summed E-state index contributed by atoms with van der Waals surface area (Å²) >= 11 is 0. The lowest BCUT2D eigenvalue weighted by Gasteiger charge is -2.41. The van der Waals surface area contributed by atoms with Gasteiger partial charge in [-0.25, -0.2) is 0 Å². The number of amides is 1. The van der Waals surface area contributed by atoms with Crippen LogP contribution in [0.2, 0.25) is 0 Å². The number of furan rings is 1. The molecule has 1 aromatic carbocycles. The van der Waals surface area contributed by atoms with Crippen LogP contribution in [-0.4, -0.2) is 35.0 Å². The summed E-state index contributed by atoms with van der Waals surface area (Å²) in [5.74, 6) is -1.28. The van der Waals surface area contributed by atoms with Crippen molar-refractivity contribution in [2.24, 2.45) is 11.8 Å². The number of hydrogen-bond donors (Lipinski definition) is 1. The average molecular weight is 273 g/mol. The number of rotatable bonds is 3. The van der Waals surface area contributed by atoms with Crippen LogP contribution < -0.4 is 0 Å². The van der Waals surface area contributed by atoms with Crippen molar-refractivity contribution < 1.29 is 19.1 Å². The summed E-state index contributed by atoms with van der Waals surface area (Å²) in [6.07, 6.45) is 1.47. The molecule has 2 aromatic rings. The van der Waals surface area contributed by atoms with Crippen LogP contribution in [0.1, 0.15) is 17.3 Å². The number of para-hydroxylation sites is 1. The van der Waals surface area contributed by atoms with E-state index in [2.05, 4.69) is 0 Å². The largest absolute Gasteiger partial charge is 0.481 e. The SMILES string of the molecule is CC(C(=O)O)C1CN(C(=O)c2coc3ccccc23)C1. The molecule has 1 aliphatic rings. The maximum absolute atomic E-state index is 12.4. The van der Waals surface area contributed by atoms with Crippen molar-refractivity contribution >= 4 is 22.8 Å². The molecule has 0 radical (unpaired) electrons. The van der Waals surface area contributed by atoms with Crippen LogP contribution in [0.25, 0.3) is 11.0 Å². The van der Waals surface area contributed by atoms with Crippen molar-refractivity contribution in [2.45, 2.75) is 6.92 Å². The lowest BCUT2D eigenvalue weighted by atomic mass is 9.86. The molecule has 3 rings (SSSR count). The summed E-state index contributed by atoms with van der Waals surface area (Å²) in [6, 6.07) is 7.38. The van der Waals surface area contributed by atoms with E-state index in [1.165, 1.54) is 6.26 Å². The molecule has 104 valence electrons. The number of aliphatic carboxylic acids is 1. The number of carbonyl (C=O) groups is 2. The first-order chi connectivity index (χ1) is 9.58. The third kappa shape index (κ3) is 1.95. The summed E-state index contributed by atoms with van der Waals surface area (Å²) in [5, 5.41) is 9.75. The van der Waals surface area contributed by atoms with Crippen LogP contribution in [0.5, 0.6) is 0 Å². The fraction of sp³-hybridized carbons (Fsp3) is 0.333. The Morgan fingerprint density at radius 1 is 1.35 bits per heavy atom. The maximum atomic E-state index is 12.4. The fourth-order valence-corrected chi connectivity index (χ4v) is 2.51. The van der Waals surface area contributed by atoms with Crippen LogP contribution in [-0.2, 0) is 4.79 Å². The van der Waals surface area contributed by atoms with Crippen LogP contribution in [0, 0.1) is 11.8 Å². The number of carboxylic acids is 1. The average Bonchev–Trinajstić information content (AvgIpc) is 2.80. The van der Waals surface area contributed by atoms with Gasteiger partial charge in [0, 0.05) is 24.4 Å². The zero-order valence-corrected chi connectivity index (χ0v) is 11.1. The van der Waals surface area contributed by atoms with E-state index in [9.17, 15) is 9.59 Å². The molecule has 1 N–H and O–H groups in total. The van der Waals surface area contributed by atoms with Crippen molar-refractivity contribution in [3.63, 3.8) is 0 Å². The van der Waals surface area contributed by atoms with E-state index in [-0.39, 0.29) is 11.8 Å². The molecule has 1 unspecified atom stereocenters. The van der Waals surface area contributed by atoms with E-state index >= 15 is 0 Å². The Hall–Kier alpha value is -2.30. The van der Waals surface area contributed by atoms with Gasteiger partial charge >= 0.3 is 5.97 Å². The van der Waals surface area contributed by atoms with E-state index in [1.807, 2.05) is 24.3 Å². The lowest BCUT2D eigenvalue weighted by molar-refractivity contribution is -0.144. The first-order valence-electron chi connectivity index (χ1n) is 6.56. The number of carboxylic acid groups (broad SMARTS) is 1. The van der Waals surface area contributed by atoms with Gasteiger partial charge in [-0.05, 0) is 6.07 Å². The highest BCUT2D eigenvalue weighted by atomic mass is 16.4. The smallest absolute Gasteiger partial charge is 0.306 e. The molecular formula is C15H15NO4. The molecule has 0 bridgehead atoms. The van der Waals surface area contributed by atoms with Gasteiger partial charge < -0.3 is 14.4 Å². The van der Waals surface area contributed by atoms with Crippen molar-refractivity contribution in [3.8, 4) is 0 Å². The number of fused-ring (bicyclic) bond motifs is 1. The lowest BCUT2D eigenvalue weighted by Crippen LogP contribution is -2.53. The Kier molecular flexibility index (Phi) is 2.97. The summed E-state index contributed by atoms with van der Waals surface area (Å²) < 4.78 is 5.36. The third-order valence-electron chi connectivity index (χ3n) is 4.01. The first-order valence-corrected chi connectivity index (χ1v) is 6.56. The molecule has 5 nitrogen and oxygen atoms in total. The van der Waals surface area contributed by atoms with Gasteiger partial charge in [0.1, 0.15) is 11.8 Å². The molecule has 1 amide bonds. The third-order valence-corrected chi connectivity index (χ3v) is 4.01. The minimum atomic E-state index is -0.809. The summed E-state index contributed by atoms with van der Waals surface area (Å²) in [7, 11) is 0. The molecule has 1 atom stereocenters. The van der Waals surface area contributed by atoms with Gasteiger partial charge in [0.05, 0.1) is 11.5 Å². The van der Waals surface area contributed by atoms with Crippen molar-refractivity contribution in [3.05, 3.63) is 36.1 Å². The molecule has 20 heavy (non-hydrogen) atoms. The fourth-order valence-electron chi connectivity index (χ4n) is 2.51. The predicted molar refractivity (Wildman–Crippen MR) is 72.4 cm³/mol. The van der Waals surface area contributed by atoms with Crippen molar-refractivity contribution in [2.75, 3.05) is 13.1 Å². The molecule has 1 aromatic heterocycles. The molecule has 1 aliphatic heterocycles. The van der Waals surface area contributed by atoms with Gasteiger partial charge in [0.25, 0.3) is 5.91 Å². The zero-order chi connectivity index (χ0) is 14.3. The topological polar surface area (TPSA) is 70.8 Å². The van der Waals surface area contributed by atoms with Crippen molar-refractivity contribution in [1.82, 2.24) is 4.90 Å². The Balaban J connectivity index is 1.74. The minimum Gasteiger partial charge on any atom is -0.481 e. The Morgan fingerprint density at radius 3 is 2.75 bits per heavy atom. The molecular weight excluding hydrogens is 258 g/mol. The standard InChI is InChI=1S/C15H15NO4/c1-9(15(18)19)10-6-16(7-10)14(17)12-8-20-13-5-3-2-4-11(12)13/h2-5,8-10H,6-7H2,1H3,(H,18,19). The van der Waals surface area contributed by atoms with E-state index in [0.717, 1.165) is 5.39 Å². The molecule has 0 aliphatic carbocycles. The molecule has 5 heteroatoms. The highest BCUT2D eigenvalue weighted by molar-refractivity contribution is 6.06. The molecule has 1 fully saturated rings. The van der Waals surface area contributed by atoms with E-state index < -0.39 is 11.9 Å². The molecule has 2 heterocycles. The maximum Gasteiger partial charge on any atom is 0.306 e. The van der Waals surface area contributed by atoms with Gasteiger partial charge in [-0.15, -0.1) is 0 Å². The van der Waals surface area contributed by atoms with Gasteiger partial charge in [-0.2, -0.15) is 0 Å². The van der Waals surface area contributed by atoms with Crippen LogP contribution in [0.15, 0.2) is 34.9 Å². The highest BCUT2D eigenvalue weighted by Crippen LogP contribution is 2.28. The van der Waals surface area contributed by atoms with Gasteiger partial charge in [-0.1, -0.05) is 25.1 Å². The van der Waals surface area contributed by atoms with E-state index in [1.54, 1.807) is 11.8 Å². The molecule has 0 saturated carbocycles. The first kappa shape index (κ1) is 12.7. The Morgan fingerprint density at radius 2 is 2.05 bits per heavy atom. The number of carbonyl (C=O) groups excluding carboxylic acids is 1. The molecule has 1 saturated heterocycles. The second-order valence-electron chi connectivity index (χ2n) is 5.24. The molecule has 0 spiro atoms. The summed E-state index contributed by atoms with van der Waals surface area (Å²) in [4.78, 5) is 24.9. The predicted octanol–water partition coefficient (Wildman–Crippen LogP) is 2.23. The zero-order valence-electron chi connectivity index (χ0n) is 11.1. The highest BCUT2D eigenvalue weighted by Gasteiger charge is 2.38. The second-order valence-corrected chi connectivity index (χ2v) is 5.24. The monoisotopic (exact) mass is 273 g/mol.